The molecular formula is C28H25F3N2O6. The minimum absolute atomic E-state index is 0.0108. The smallest absolute Gasteiger partial charge is 0.389 e. The second-order valence-corrected chi connectivity index (χ2v) is 8.55. The number of esters is 2. The zero-order valence-electron chi connectivity index (χ0n) is 20.5. The van der Waals surface area contributed by atoms with E-state index in [1.165, 1.54) is 42.5 Å². The molecular weight excluding hydrogens is 517 g/mol. The number of rotatable bonds is 10. The molecule has 5 N–H and O–H groups in total. The molecule has 0 aromatic heterocycles. The number of ether oxygens (including phenoxy) is 2. The molecule has 0 aliphatic carbocycles. The van der Waals surface area contributed by atoms with Crippen LogP contribution < -0.4 is 20.9 Å². The fraction of sp³-hybridized carbons (Fsp3) is 0.179. The molecule has 0 spiro atoms. The lowest BCUT2D eigenvalue weighted by molar-refractivity contribution is -0.151. The number of carboxylic acid groups (broad SMARTS) is 1. The molecule has 3 aromatic carbocycles. The van der Waals surface area contributed by atoms with Gasteiger partial charge in [-0.05, 0) is 84.6 Å². The first kappa shape index (κ1) is 28.8. The number of carbonyl (C=O) groups excluding carboxylic acids is 2. The highest BCUT2D eigenvalue weighted by atomic mass is 19.4. The number of nitrogens with two attached hydrogens (primary N) is 2. The summed E-state index contributed by atoms with van der Waals surface area (Å²) in [7, 11) is 0. The maximum atomic E-state index is 12.4. The molecule has 0 saturated carbocycles. The first-order chi connectivity index (χ1) is 18.4. The van der Waals surface area contributed by atoms with Crippen molar-refractivity contribution in [2.24, 2.45) is 0 Å². The SMILES string of the molecule is Nc1cc(N)cc(CC/C(=C\c2ccc(OC(=O)c3ccc(OC(=O)CCC(F)(F)F)cc3)cc2)C(=O)O)c1. The van der Waals surface area contributed by atoms with Crippen LogP contribution in [0, 0.1) is 0 Å². The largest absolute Gasteiger partial charge is 0.478 e. The zero-order valence-corrected chi connectivity index (χ0v) is 20.5. The van der Waals surface area contributed by atoms with E-state index >= 15 is 0 Å². The summed E-state index contributed by atoms with van der Waals surface area (Å²) >= 11 is 0. The van der Waals surface area contributed by atoms with E-state index in [4.69, 9.17) is 20.9 Å². The Bertz CT molecular complexity index is 1350. The van der Waals surface area contributed by atoms with E-state index in [-0.39, 0.29) is 29.1 Å². The number of carboxylic acids is 1. The molecule has 0 amide bonds. The molecule has 0 aliphatic heterocycles. The van der Waals surface area contributed by atoms with Gasteiger partial charge in [0.1, 0.15) is 11.5 Å². The van der Waals surface area contributed by atoms with Crippen LogP contribution in [0.25, 0.3) is 6.08 Å². The Morgan fingerprint density at radius 3 is 1.95 bits per heavy atom. The van der Waals surface area contributed by atoms with E-state index in [2.05, 4.69) is 0 Å². The second-order valence-electron chi connectivity index (χ2n) is 8.55. The van der Waals surface area contributed by atoms with Gasteiger partial charge in [0, 0.05) is 16.9 Å². The average molecular weight is 543 g/mol. The summed E-state index contributed by atoms with van der Waals surface area (Å²) in [5, 5.41) is 9.59. The quantitative estimate of drug-likeness (QED) is 0.133. The Morgan fingerprint density at radius 2 is 1.38 bits per heavy atom. The molecule has 3 rings (SSSR count). The molecule has 0 fully saturated rings. The molecule has 0 saturated heterocycles. The maximum absolute atomic E-state index is 12.4. The van der Waals surface area contributed by atoms with Crippen LogP contribution in [-0.2, 0) is 16.0 Å². The van der Waals surface area contributed by atoms with E-state index in [1.807, 2.05) is 0 Å². The van der Waals surface area contributed by atoms with Crippen LogP contribution in [0.1, 0.15) is 40.7 Å². The molecule has 0 unspecified atom stereocenters. The normalized spacial score (nSPS) is 11.6. The van der Waals surface area contributed by atoms with Crippen molar-refractivity contribution in [2.75, 3.05) is 11.5 Å². The standard InChI is InChI=1S/C28H25F3N2O6/c29-28(30,31)12-11-25(34)38-23-9-5-19(6-10-23)27(37)39-24-7-2-17(3-8-24)13-20(26(35)36)4-1-18-14-21(32)16-22(33)15-18/h2-3,5-10,13-16H,1,4,11-12,32-33H2,(H,35,36)/b20-13+. The molecule has 0 aliphatic rings. The first-order valence-electron chi connectivity index (χ1n) is 11.7. The van der Waals surface area contributed by atoms with Gasteiger partial charge in [-0.1, -0.05) is 12.1 Å². The minimum Gasteiger partial charge on any atom is -0.478 e. The van der Waals surface area contributed by atoms with Crippen LogP contribution in [0.15, 0.2) is 72.3 Å². The predicted molar refractivity (Wildman–Crippen MR) is 138 cm³/mol. The third-order valence-electron chi connectivity index (χ3n) is 5.36. The molecule has 8 nitrogen and oxygen atoms in total. The highest BCUT2D eigenvalue weighted by molar-refractivity contribution is 5.92. The summed E-state index contributed by atoms with van der Waals surface area (Å²) in [5.41, 5.74) is 14.2. The van der Waals surface area contributed by atoms with Crippen LogP contribution in [0.4, 0.5) is 24.5 Å². The summed E-state index contributed by atoms with van der Waals surface area (Å²) in [5.74, 6) is -2.65. The Hall–Kier alpha value is -4.80. The fourth-order valence-corrected chi connectivity index (χ4v) is 3.49. The van der Waals surface area contributed by atoms with Gasteiger partial charge in [-0.3, -0.25) is 4.79 Å². The second kappa shape index (κ2) is 12.6. The van der Waals surface area contributed by atoms with Crippen LogP contribution in [0.2, 0.25) is 0 Å². The molecule has 0 radical (unpaired) electrons. The van der Waals surface area contributed by atoms with Gasteiger partial charge < -0.3 is 26.0 Å². The molecule has 0 heterocycles. The van der Waals surface area contributed by atoms with Crippen LogP contribution >= 0.6 is 0 Å². The van der Waals surface area contributed by atoms with Gasteiger partial charge in [0.2, 0.25) is 0 Å². The summed E-state index contributed by atoms with van der Waals surface area (Å²) in [6, 6.07) is 16.4. The van der Waals surface area contributed by atoms with E-state index in [0.717, 1.165) is 5.56 Å². The number of hydrogen-bond donors (Lipinski definition) is 3. The monoisotopic (exact) mass is 542 g/mol. The zero-order chi connectivity index (χ0) is 28.6. The third kappa shape index (κ3) is 9.54. The highest BCUT2D eigenvalue weighted by Crippen LogP contribution is 2.23. The number of carbonyl (C=O) groups is 3. The fourth-order valence-electron chi connectivity index (χ4n) is 3.49. The van der Waals surface area contributed by atoms with E-state index < -0.39 is 36.9 Å². The Balaban J connectivity index is 1.58. The average Bonchev–Trinajstić information content (AvgIpc) is 2.85. The van der Waals surface area contributed by atoms with Crippen molar-refractivity contribution >= 4 is 35.4 Å². The van der Waals surface area contributed by atoms with Crippen molar-refractivity contribution in [3.63, 3.8) is 0 Å². The number of aryl methyl sites for hydroxylation is 1. The molecule has 11 heteroatoms. The number of hydrogen-bond acceptors (Lipinski definition) is 7. The van der Waals surface area contributed by atoms with Crippen molar-refractivity contribution < 1.29 is 42.1 Å². The minimum atomic E-state index is -4.47. The van der Waals surface area contributed by atoms with Gasteiger partial charge in [-0.15, -0.1) is 0 Å². The Kier molecular flexibility index (Phi) is 9.32. The number of nitrogen functional groups attached to an aromatic ring is 2. The topological polar surface area (TPSA) is 142 Å². The van der Waals surface area contributed by atoms with E-state index in [1.54, 1.807) is 30.3 Å². The maximum Gasteiger partial charge on any atom is 0.389 e. The van der Waals surface area contributed by atoms with Crippen molar-refractivity contribution in [1.82, 2.24) is 0 Å². The number of anilines is 2. The van der Waals surface area contributed by atoms with Crippen LogP contribution in [-0.4, -0.2) is 29.2 Å². The summed E-state index contributed by atoms with van der Waals surface area (Å²) in [6.07, 6.45) is -4.40. The molecule has 3 aromatic rings. The Morgan fingerprint density at radius 1 is 0.821 bits per heavy atom. The van der Waals surface area contributed by atoms with Crippen LogP contribution in [0.5, 0.6) is 11.5 Å². The predicted octanol–water partition coefficient (Wildman–Crippen LogP) is 5.42. The molecule has 0 atom stereocenters. The van der Waals surface area contributed by atoms with Gasteiger partial charge in [-0.25, -0.2) is 9.59 Å². The Labute approximate surface area is 221 Å². The van der Waals surface area contributed by atoms with E-state index in [9.17, 15) is 32.7 Å². The highest BCUT2D eigenvalue weighted by Gasteiger charge is 2.28. The van der Waals surface area contributed by atoms with Gasteiger partial charge >= 0.3 is 24.1 Å². The van der Waals surface area contributed by atoms with Gasteiger partial charge in [0.25, 0.3) is 0 Å². The number of aliphatic carboxylic acids is 1. The molecule has 39 heavy (non-hydrogen) atoms. The lowest BCUT2D eigenvalue weighted by Gasteiger charge is -2.08. The van der Waals surface area contributed by atoms with Gasteiger partial charge in [0.15, 0.2) is 0 Å². The lowest BCUT2D eigenvalue weighted by Crippen LogP contribution is -2.14. The van der Waals surface area contributed by atoms with Gasteiger partial charge in [0.05, 0.1) is 18.4 Å². The lowest BCUT2D eigenvalue weighted by atomic mass is 10.0. The third-order valence-corrected chi connectivity index (χ3v) is 5.36. The number of halogens is 3. The van der Waals surface area contributed by atoms with Crippen molar-refractivity contribution in [3.05, 3.63) is 89.0 Å². The number of benzene rings is 3. The van der Waals surface area contributed by atoms with Crippen molar-refractivity contribution in [3.8, 4) is 11.5 Å². The van der Waals surface area contributed by atoms with Crippen LogP contribution in [0.3, 0.4) is 0 Å². The summed E-state index contributed by atoms with van der Waals surface area (Å²) in [6.45, 7) is 0. The number of alkyl halides is 3. The molecule has 0 bridgehead atoms. The van der Waals surface area contributed by atoms with Gasteiger partial charge in [-0.2, -0.15) is 13.2 Å². The summed E-state index contributed by atoms with van der Waals surface area (Å²) in [4.78, 5) is 35.7. The summed E-state index contributed by atoms with van der Waals surface area (Å²) < 4.78 is 46.7. The van der Waals surface area contributed by atoms with Crippen molar-refractivity contribution in [2.45, 2.75) is 31.9 Å². The first-order valence-corrected chi connectivity index (χ1v) is 11.7. The molecule has 204 valence electrons. The van der Waals surface area contributed by atoms with E-state index in [0.29, 0.717) is 23.4 Å². The van der Waals surface area contributed by atoms with Crippen molar-refractivity contribution in [1.29, 1.82) is 0 Å².